The van der Waals surface area contributed by atoms with Gasteiger partial charge in [-0.25, -0.2) is 0 Å². The smallest absolute Gasteiger partial charge is 0.302 e. The van der Waals surface area contributed by atoms with Crippen LogP contribution >= 0.6 is 0 Å². The lowest BCUT2D eigenvalue weighted by atomic mass is 10.8. The minimum Gasteiger partial charge on any atom is -0.617 e. The third-order valence-corrected chi connectivity index (χ3v) is 0.348. The van der Waals surface area contributed by atoms with Crippen molar-refractivity contribution in [1.29, 1.82) is 0 Å². The number of aliphatic hydroxyl groups excluding tert-OH is 1. The number of hydrogen-bond acceptors (Lipinski definition) is 4. The summed E-state index contributed by atoms with van der Waals surface area (Å²) in [7, 11) is 0. The first kappa shape index (κ1) is 18.5. The van der Waals surface area contributed by atoms with E-state index in [0.29, 0.717) is 6.61 Å². The topological polar surface area (TPSA) is 69.6 Å². The van der Waals surface area contributed by atoms with Gasteiger partial charge in [-0.15, -0.1) is 0 Å². The number of rotatable bonds is 1. The number of esters is 1. The summed E-state index contributed by atoms with van der Waals surface area (Å²) < 4.78 is 14.0. The van der Waals surface area contributed by atoms with Crippen LogP contribution in [0.5, 0.6) is 0 Å². The van der Waals surface area contributed by atoms with Gasteiger partial charge in [-0.1, -0.05) is 11.2 Å². The van der Waals surface area contributed by atoms with Gasteiger partial charge in [0.1, 0.15) is 0 Å². The molecule has 82 valence electrons. The van der Waals surface area contributed by atoms with Gasteiger partial charge in [0.25, 0.3) is 0 Å². The first-order valence-electron chi connectivity index (χ1n) is 3.91. The van der Waals surface area contributed by atoms with Crippen molar-refractivity contribution < 1.29 is 19.2 Å². The van der Waals surface area contributed by atoms with E-state index in [4.69, 9.17) is 5.11 Å². The molecule has 0 aliphatic heterocycles. The minimum atomic E-state index is -0.611. The third kappa shape index (κ3) is 148. The van der Waals surface area contributed by atoms with Crippen molar-refractivity contribution >= 4 is 17.1 Å². The van der Waals surface area contributed by atoms with E-state index in [1.807, 2.05) is 0 Å². The highest BCUT2D eigenvalue weighted by Crippen LogP contribution is 1.69. The van der Waals surface area contributed by atoms with Gasteiger partial charge in [-0.05, 0) is 13.8 Å². The summed E-state index contributed by atoms with van der Waals surface area (Å²) in [5, 5.41) is 7.57. The van der Waals surface area contributed by atoms with Crippen LogP contribution in [0.15, 0.2) is 0 Å². The molecule has 0 aromatic carbocycles. The Bertz CT molecular complexity index is 93.4. The Morgan fingerprint density at radius 2 is 1.69 bits per heavy atom. The Morgan fingerprint density at radius 3 is 1.69 bits per heavy atom. The summed E-state index contributed by atoms with van der Waals surface area (Å²) >= 11 is -0.611. The maximum absolute atomic E-state index is 9.82. The van der Waals surface area contributed by atoms with Crippen LogP contribution in [0.4, 0.5) is 0 Å². The van der Waals surface area contributed by atoms with Crippen LogP contribution in [0.2, 0.25) is 0 Å². The summed E-state index contributed by atoms with van der Waals surface area (Å²) in [6.07, 6.45) is 3.28. The molecule has 0 unspecified atom stereocenters. The maximum atomic E-state index is 9.82. The van der Waals surface area contributed by atoms with Crippen molar-refractivity contribution in [2.24, 2.45) is 0 Å². The Balaban J connectivity index is -0.000000125. The fourth-order valence-corrected chi connectivity index (χ4v) is 0.203. The number of ether oxygens (including phenoxy) is 1. The summed E-state index contributed by atoms with van der Waals surface area (Å²) in [6, 6.07) is 0. The summed E-state index contributed by atoms with van der Waals surface area (Å²) in [5.41, 5.74) is 0. The van der Waals surface area contributed by atoms with Gasteiger partial charge in [0.2, 0.25) is 0 Å². The van der Waals surface area contributed by atoms with Crippen LogP contribution < -0.4 is 0 Å². The van der Waals surface area contributed by atoms with Gasteiger partial charge in [0.15, 0.2) is 0 Å². The number of aliphatic hydroxyl groups is 1. The van der Waals surface area contributed by atoms with E-state index in [-0.39, 0.29) is 12.6 Å². The molecule has 0 fully saturated rings. The van der Waals surface area contributed by atoms with E-state index in [1.165, 1.54) is 6.92 Å². The summed E-state index contributed by atoms with van der Waals surface area (Å²) in [4.78, 5) is 9.82. The molecule has 0 radical (unpaired) electrons. The van der Waals surface area contributed by atoms with E-state index in [9.17, 15) is 9.35 Å². The van der Waals surface area contributed by atoms with Gasteiger partial charge < -0.3 is 14.4 Å². The molecule has 13 heavy (non-hydrogen) atoms. The molecule has 4 nitrogen and oxygen atoms in total. The Labute approximate surface area is 83.5 Å². The molecule has 0 aromatic rings. The van der Waals surface area contributed by atoms with Gasteiger partial charge in [0, 0.05) is 13.5 Å². The predicted octanol–water partition coefficient (Wildman–Crippen LogP) is 0.563. The van der Waals surface area contributed by atoms with Crippen molar-refractivity contribution in [1.82, 2.24) is 0 Å². The third-order valence-electron chi connectivity index (χ3n) is 0.348. The van der Waals surface area contributed by atoms with Crippen LogP contribution in [-0.4, -0.2) is 41.4 Å². The van der Waals surface area contributed by atoms with E-state index in [0.717, 1.165) is 0 Å². The molecule has 0 saturated carbocycles. The molecule has 1 N–H and O–H groups in total. The molecule has 0 aliphatic rings. The molecule has 0 bridgehead atoms. The molecular formula is C8H20O4S. The van der Waals surface area contributed by atoms with Crippen molar-refractivity contribution in [3.8, 4) is 0 Å². The molecular weight excluding hydrogens is 192 g/mol. The zero-order chi connectivity index (χ0) is 11.3. The average molecular weight is 212 g/mol. The van der Waals surface area contributed by atoms with E-state index < -0.39 is 11.2 Å². The van der Waals surface area contributed by atoms with Gasteiger partial charge in [-0.2, -0.15) is 0 Å². The second kappa shape index (κ2) is 17.7. The largest absolute Gasteiger partial charge is 0.617 e. The monoisotopic (exact) mass is 212 g/mol. The Morgan fingerprint density at radius 1 is 1.46 bits per heavy atom. The second-order valence-corrected chi connectivity index (χ2v) is 3.47. The summed E-state index contributed by atoms with van der Waals surface area (Å²) in [6.45, 7) is 5.58. The molecule has 0 saturated heterocycles. The van der Waals surface area contributed by atoms with Crippen molar-refractivity contribution in [3.05, 3.63) is 0 Å². The van der Waals surface area contributed by atoms with Crippen LogP contribution in [0.25, 0.3) is 0 Å². The number of hydrogen-bond donors (Lipinski definition) is 1. The molecule has 0 aliphatic carbocycles. The molecule has 0 heterocycles. The van der Waals surface area contributed by atoms with E-state index in [1.54, 1.807) is 26.4 Å². The zero-order valence-electron chi connectivity index (χ0n) is 8.99. The SMILES string of the molecule is CCO.CCOC(C)=O.C[S+](C)[O-]. The van der Waals surface area contributed by atoms with Crippen LogP contribution in [0.1, 0.15) is 20.8 Å². The second-order valence-electron chi connectivity index (χ2n) is 1.98. The Hall–Kier alpha value is -0.260. The molecule has 0 aromatic heterocycles. The molecule has 0 spiro atoms. The predicted molar refractivity (Wildman–Crippen MR) is 55.1 cm³/mol. The standard InChI is InChI=1S/C4H8O2.C2H6OS.C2H6O/c1-3-6-4(2)5;1-4(2)3;1-2-3/h3H2,1-2H3;1-2H3;3H,2H2,1H3. The maximum Gasteiger partial charge on any atom is 0.302 e. The normalized spacial score (nSPS) is 7.69. The first-order chi connectivity index (χ1) is 5.92. The van der Waals surface area contributed by atoms with Crippen molar-refractivity contribution in [2.45, 2.75) is 20.8 Å². The fourth-order valence-electron chi connectivity index (χ4n) is 0.203. The highest BCUT2D eigenvalue weighted by Gasteiger charge is 1.81. The zero-order valence-corrected chi connectivity index (χ0v) is 9.81. The van der Waals surface area contributed by atoms with Gasteiger partial charge >= 0.3 is 5.97 Å². The summed E-state index contributed by atoms with van der Waals surface area (Å²) in [5.74, 6) is -0.211. The highest BCUT2D eigenvalue weighted by atomic mass is 32.2. The number of carbonyl (C=O) groups excluding carboxylic acids is 1. The quantitative estimate of drug-likeness (QED) is 0.509. The number of carbonyl (C=O) groups is 1. The van der Waals surface area contributed by atoms with Crippen LogP contribution in [0, 0.1) is 0 Å². The van der Waals surface area contributed by atoms with E-state index in [2.05, 4.69) is 4.74 Å². The van der Waals surface area contributed by atoms with Gasteiger partial charge in [-0.3, -0.25) is 4.79 Å². The minimum absolute atomic E-state index is 0.211. The molecule has 0 amide bonds. The Kier molecular flexibility index (Phi) is 25.2. The van der Waals surface area contributed by atoms with Crippen molar-refractivity contribution in [3.63, 3.8) is 0 Å². The highest BCUT2D eigenvalue weighted by molar-refractivity contribution is 7.89. The lowest BCUT2D eigenvalue weighted by Gasteiger charge is -1.89. The lowest BCUT2D eigenvalue weighted by Crippen LogP contribution is -1.95. The van der Waals surface area contributed by atoms with Crippen LogP contribution in [-0.2, 0) is 20.7 Å². The van der Waals surface area contributed by atoms with Crippen molar-refractivity contribution in [2.75, 3.05) is 25.7 Å². The lowest BCUT2D eigenvalue weighted by molar-refractivity contribution is -0.140. The molecule has 0 atom stereocenters. The molecule has 5 heteroatoms. The molecule has 0 rings (SSSR count). The van der Waals surface area contributed by atoms with E-state index >= 15 is 0 Å². The fraction of sp³-hybridized carbons (Fsp3) is 0.875. The average Bonchev–Trinajstić information content (AvgIpc) is 1.86. The van der Waals surface area contributed by atoms with Crippen LogP contribution in [0.3, 0.4) is 0 Å². The van der Waals surface area contributed by atoms with Gasteiger partial charge in [0.05, 0.1) is 19.1 Å². The first-order valence-corrected chi connectivity index (χ1v) is 5.88.